The molecule has 0 fully saturated rings. The van der Waals surface area contributed by atoms with Gasteiger partial charge >= 0.3 is 0 Å². The van der Waals surface area contributed by atoms with E-state index in [0.717, 1.165) is 48.5 Å². The van der Waals surface area contributed by atoms with Gasteiger partial charge in [0.25, 0.3) is 0 Å². The Morgan fingerprint density at radius 2 is 1.42 bits per heavy atom. The molecule has 4 nitrogen and oxygen atoms in total. The summed E-state index contributed by atoms with van der Waals surface area (Å²) in [5, 5.41) is 0. The number of hydrogen-bond acceptors (Lipinski definition) is 3. The number of hydrogen-bond donors (Lipinski definition) is 1. The molecule has 0 radical (unpaired) electrons. The highest BCUT2D eigenvalue weighted by Gasteiger charge is 2.19. The zero-order valence-corrected chi connectivity index (χ0v) is 21.8. The SMILES string of the molecule is C=C(CN(CCCOc1cccc(CC(N)=O)c1)CC(c1ccccc1)c1ccccc1)c1ccccc1. The van der Waals surface area contributed by atoms with Gasteiger partial charge in [0, 0.05) is 25.6 Å². The van der Waals surface area contributed by atoms with Gasteiger partial charge in [-0.05, 0) is 46.4 Å². The summed E-state index contributed by atoms with van der Waals surface area (Å²) in [6.45, 7) is 7.50. The molecule has 0 saturated carbocycles. The Balaban J connectivity index is 1.46. The molecule has 0 unspecified atom stereocenters. The Hall–Kier alpha value is -4.15. The number of nitrogens with zero attached hydrogens (tertiary/aromatic N) is 1. The summed E-state index contributed by atoms with van der Waals surface area (Å²) < 4.78 is 6.04. The van der Waals surface area contributed by atoms with Gasteiger partial charge in [0.2, 0.25) is 5.91 Å². The number of amides is 1. The third kappa shape index (κ3) is 8.19. The number of ether oxygens (including phenoxy) is 1. The Labute approximate surface area is 226 Å². The van der Waals surface area contributed by atoms with Crippen LogP contribution in [0.1, 0.15) is 34.6 Å². The van der Waals surface area contributed by atoms with Crippen LogP contribution in [0.3, 0.4) is 0 Å². The second-order valence-electron chi connectivity index (χ2n) is 9.57. The summed E-state index contributed by atoms with van der Waals surface area (Å²) in [5.74, 6) is 0.658. The Morgan fingerprint density at radius 1 is 0.816 bits per heavy atom. The van der Waals surface area contributed by atoms with Gasteiger partial charge in [0.15, 0.2) is 0 Å². The Kier molecular flexibility index (Phi) is 9.89. The predicted octanol–water partition coefficient (Wildman–Crippen LogP) is 6.33. The molecule has 0 aliphatic rings. The minimum atomic E-state index is -0.345. The number of carbonyl (C=O) groups excluding carboxylic acids is 1. The number of benzene rings is 4. The van der Waals surface area contributed by atoms with Crippen molar-refractivity contribution in [2.45, 2.75) is 18.8 Å². The molecule has 0 bridgehead atoms. The van der Waals surface area contributed by atoms with E-state index in [1.165, 1.54) is 11.1 Å². The van der Waals surface area contributed by atoms with E-state index in [1.54, 1.807) is 0 Å². The lowest BCUT2D eigenvalue weighted by atomic mass is 9.90. The van der Waals surface area contributed by atoms with E-state index in [9.17, 15) is 4.79 Å². The van der Waals surface area contributed by atoms with E-state index in [2.05, 4.69) is 96.4 Å². The minimum Gasteiger partial charge on any atom is -0.494 e. The van der Waals surface area contributed by atoms with Crippen molar-refractivity contribution in [3.63, 3.8) is 0 Å². The first-order valence-corrected chi connectivity index (χ1v) is 13.1. The van der Waals surface area contributed by atoms with Crippen LogP contribution >= 0.6 is 0 Å². The van der Waals surface area contributed by atoms with Crippen molar-refractivity contribution in [3.8, 4) is 5.75 Å². The molecule has 0 aliphatic heterocycles. The maximum absolute atomic E-state index is 11.3. The Morgan fingerprint density at radius 3 is 2.03 bits per heavy atom. The lowest BCUT2D eigenvalue weighted by molar-refractivity contribution is -0.117. The average molecular weight is 505 g/mol. The first-order chi connectivity index (χ1) is 18.6. The van der Waals surface area contributed by atoms with E-state index in [-0.39, 0.29) is 18.2 Å². The molecular formula is C34H36N2O2. The highest BCUT2D eigenvalue weighted by molar-refractivity contribution is 5.76. The molecule has 4 rings (SSSR count). The van der Waals surface area contributed by atoms with E-state index in [4.69, 9.17) is 10.5 Å². The molecule has 38 heavy (non-hydrogen) atoms. The van der Waals surface area contributed by atoms with Crippen LogP contribution in [0.4, 0.5) is 0 Å². The summed E-state index contributed by atoms with van der Waals surface area (Å²) in [6, 6.07) is 39.4. The van der Waals surface area contributed by atoms with Gasteiger partial charge in [0.05, 0.1) is 13.0 Å². The van der Waals surface area contributed by atoms with Gasteiger partial charge in [-0.3, -0.25) is 9.69 Å². The van der Waals surface area contributed by atoms with E-state index in [0.29, 0.717) is 6.61 Å². The van der Waals surface area contributed by atoms with Gasteiger partial charge in [-0.2, -0.15) is 0 Å². The number of rotatable bonds is 14. The fraction of sp³-hybridized carbons (Fsp3) is 0.206. The van der Waals surface area contributed by atoms with Crippen molar-refractivity contribution < 1.29 is 9.53 Å². The van der Waals surface area contributed by atoms with E-state index >= 15 is 0 Å². The molecule has 194 valence electrons. The van der Waals surface area contributed by atoms with Crippen LogP contribution in [0.15, 0.2) is 122 Å². The minimum absolute atomic E-state index is 0.215. The molecule has 0 aromatic heterocycles. The smallest absolute Gasteiger partial charge is 0.221 e. The van der Waals surface area contributed by atoms with Gasteiger partial charge in [-0.25, -0.2) is 0 Å². The standard InChI is InChI=1S/C34H36N2O2/c1-27(29-14-5-2-6-15-29)25-36(21-12-22-38-32-20-11-13-28(23-32)24-34(35)37)26-33(30-16-7-3-8-17-30)31-18-9-4-10-19-31/h2-11,13-20,23,33H,1,12,21-22,24-26H2,(H2,35,37). The van der Waals surface area contributed by atoms with E-state index < -0.39 is 0 Å². The van der Waals surface area contributed by atoms with Crippen molar-refractivity contribution in [3.05, 3.63) is 144 Å². The van der Waals surface area contributed by atoms with E-state index in [1.807, 2.05) is 30.3 Å². The number of nitrogens with two attached hydrogens (primary N) is 1. The summed E-state index contributed by atoms with van der Waals surface area (Å²) >= 11 is 0. The van der Waals surface area contributed by atoms with Crippen LogP contribution in [0, 0.1) is 0 Å². The second kappa shape index (κ2) is 14.0. The fourth-order valence-electron chi connectivity index (χ4n) is 4.73. The predicted molar refractivity (Wildman–Crippen MR) is 156 cm³/mol. The van der Waals surface area contributed by atoms with Crippen LogP contribution in [-0.4, -0.2) is 37.0 Å². The molecule has 2 N–H and O–H groups in total. The van der Waals surface area contributed by atoms with Crippen LogP contribution in [0.5, 0.6) is 5.75 Å². The lowest BCUT2D eigenvalue weighted by Crippen LogP contribution is -2.32. The molecule has 4 aromatic carbocycles. The van der Waals surface area contributed by atoms with Gasteiger partial charge in [-0.15, -0.1) is 0 Å². The molecule has 4 heteroatoms. The number of primary amides is 1. The molecular weight excluding hydrogens is 468 g/mol. The molecule has 0 heterocycles. The molecule has 0 spiro atoms. The molecule has 4 aromatic rings. The third-order valence-electron chi connectivity index (χ3n) is 6.61. The highest BCUT2D eigenvalue weighted by Crippen LogP contribution is 2.27. The van der Waals surface area contributed by atoms with Crippen LogP contribution in [0.2, 0.25) is 0 Å². The average Bonchev–Trinajstić information content (AvgIpc) is 2.95. The molecule has 1 amide bonds. The second-order valence-corrected chi connectivity index (χ2v) is 9.57. The summed E-state index contributed by atoms with van der Waals surface area (Å²) in [7, 11) is 0. The third-order valence-corrected chi connectivity index (χ3v) is 6.61. The Bertz CT molecular complexity index is 1250. The summed E-state index contributed by atoms with van der Waals surface area (Å²) in [6.07, 6.45) is 1.07. The van der Waals surface area contributed by atoms with Crippen molar-refractivity contribution in [1.82, 2.24) is 4.90 Å². The normalized spacial score (nSPS) is 11.0. The van der Waals surface area contributed by atoms with Crippen molar-refractivity contribution in [1.29, 1.82) is 0 Å². The number of carbonyl (C=O) groups is 1. The summed E-state index contributed by atoms with van der Waals surface area (Å²) in [5.41, 5.74) is 11.1. The van der Waals surface area contributed by atoms with Crippen molar-refractivity contribution in [2.24, 2.45) is 5.73 Å². The van der Waals surface area contributed by atoms with Gasteiger partial charge < -0.3 is 10.5 Å². The topological polar surface area (TPSA) is 55.6 Å². The first kappa shape index (κ1) is 26.9. The van der Waals surface area contributed by atoms with Crippen LogP contribution < -0.4 is 10.5 Å². The summed E-state index contributed by atoms with van der Waals surface area (Å²) in [4.78, 5) is 13.7. The quantitative estimate of drug-likeness (QED) is 0.204. The van der Waals surface area contributed by atoms with Gasteiger partial charge in [0.1, 0.15) is 5.75 Å². The lowest BCUT2D eigenvalue weighted by Gasteiger charge is -2.29. The van der Waals surface area contributed by atoms with Crippen molar-refractivity contribution >= 4 is 11.5 Å². The van der Waals surface area contributed by atoms with Crippen LogP contribution in [-0.2, 0) is 11.2 Å². The maximum Gasteiger partial charge on any atom is 0.221 e. The fourth-order valence-corrected chi connectivity index (χ4v) is 4.73. The molecule has 0 saturated heterocycles. The first-order valence-electron chi connectivity index (χ1n) is 13.1. The highest BCUT2D eigenvalue weighted by atomic mass is 16.5. The van der Waals surface area contributed by atoms with Crippen LogP contribution in [0.25, 0.3) is 5.57 Å². The zero-order valence-electron chi connectivity index (χ0n) is 21.8. The molecule has 0 aliphatic carbocycles. The largest absolute Gasteiger partial charge is 0.494 e. The monoisotopic (exact) mass is 504 g/mol. The molecule has 0 atom stereocenters. The zero-order chi connectivity index (χ0) is 26.6. The maximum atomic E-state index is 11.3. The van der Waals surface area contributed by atoms with Crippen molar-refractivity contribution in [2.75, 3.05) is 26.2 Å². The van der Waals surface area contributed by atoms with Gasteiger partial charge in [-0.1, -0.05) is 110 Å².